The summed E-state index contributed by atoms with van der Waals surface area (Å²) in [6.45, 7) is 9.20. The summed E-state index contributed by atoms with van der Waals surface area (Å²) in [5.41, 5.74) is 2.47. The van der Waals surface area contributed by atoms with Gasteiger partial charge >= 0.3 is 5.97 Å². The van der Waals surface area contributed by atoms with Crippen molar-refractivity contribution in [1.82, 2.24) is 20.1 Å². The van der Waals surface area contributed by atoms with Gasteiger partial charge in [0.1, 0.15) is 28.5 Å². The van der Waals surface area contributed by atoms with Gasteiger partial charge in [0.15, 0.2) is 5.82 Å². The number of aromatic nitrogens is 4. The quantitative estimate of drug-likeness (QED) is 0.261. The monoisotopic (exact) mass is 575 g/mol. The molecule has 0 aromatic carbocycles. The van der Waals surface area contributed by atoms with Gasteiger partial charge in [0.05, 0.1) is 35.6 Å². The summed E-state index contributed by atoms with van der Waals surface area (Å²) in [6.07, 6.45) is 11.2. The number of hydrogen-bond acceptors (Lipinski definition) is 10. The molecule has 5 rings (SSSR count). The summed E-state index contributed by atoms with van der Waals surface area (Å²) in [7, 11) is 0. The zero-order valence-electron chi connectivity index (χ0n) is 25.1. The van der Waals surface area contributed by atoms with E-state index in [1.807, 2.05) is 34.6 Å². The fourth-order valence-electron chi connectivity index (χ4n) is 5.74. The molecule has 3 aromatic rings. The van der Waals surface area contributed by atoms with Crippen molar-refractivity contribution in [2.45, 2.75) is 97.6 Å². The van der Waals surface area contributed by atoms with E-state index >= 15 is 0 Å². The van der Waals surface area contributed by atoms with E-state index in [2.05, 4.69) is 31.1 Å². The average Bonchev–Trinajstić information content (AvgIpc) is 3.59. The van der Waals surface area contributed by atoms with Crippen LogP contribution in [0.25, 0.3) is 11.5 Å². The van der Waals surface area contributed by atoms with Crippen LogP contribution in [0.3, 0.4) is 0 Å². The van der Waals surface area contributed by atoms with E-state index in [1.54, 1.807) is 24.5 Å². The molecule has 0 bridgehead atoms. The van der Waals surface area contributed by atoms with Crippen LogP contribution in [-0.2, 0) is 14.3 Å². The van der Waals surface area contributed by atoms with Gasteiger partial charge in [-0.2, -0.15) is 0 Å². The minimum Gasteiger partial charge on any atom is -0.460 e. The van der Waals surface area contributed by atoms with Crippen LogP contribution < -0.4 is 16.0 Å². The number of carbonyl (C=O) groups is 2. The van der Waals surface area contributed by atoms with Gasteiger partial charge in [0.2, 0.25) is 11.7 Å². The maximum Gasteiger partial charge on any atom is 0.310 e. The highest BCUT2D eigenvalue weighted by Gasteiger charge is 2.38. The molecule has 3 heterocycles. The number of rotatable bonds is 8. The summed E-state index contributed by atoms with van der Waals surface area (Å²) in [5, 5.41) is 13.9. The highest BCUT2D eigenvalue weighted by molar-refractivity contribution is 5.96. The van der Waals surface area contributed by atoms with Crippen LogP contribution in [0.2, 0.25) is 0 Å². The van der Waals surface area contributed by atoms with Crippen LogP contribution >= 0.6 is 0 Å². The van der Waals surface area contributed by atoms with Gasteiger partial charge in [-0.25, -0.2) is 9.97 Å². The highest BCUT2D eigenvalue weighted by atomic mass is 16.6. The lowest BCUT2D eigenvalue weighted by molar-refractivity contribution is -0.164. The Balaban J connectivity index is 1.29. The molecular formula is C31H41N7O4. The molecule has 0 aliphatic heterocycles. The molecule has 0 radical (unpaired) electrons. The molecular weight excluding hydrogens is 534 g/mol. The molecule has 11 heteroatoms. The standard InChI is InChI=1S/C31H41N7O4/c1-18-23(35-29(39)21-12-8-9-13-22(21)30(40)41-31(3,4)5)14-15-24(33-18)28-27(19(2)38-42-28)37-26-17-32-16-25(36-26)34-20-10-6-7-11-20/h14-17,20-22H,6-13H2,1-5H3,(H,35,39)(H2,34,36,37)/t21-,22-/m0/s1. The van der Waals surface area contributed by atoms with E-state index in [1.165, 1.54) is 12.8 Å². The van der Waals surface area contributed by atoms with Crippen molar-refractivity contribution in [3.05, 3.63) is 35.9 Å². The van der Waals surface area contributed by atoms with Gasteiger partial charge in [-0.3, -0.25) is 14.6 Å². The minimum absolute atomic E-state index is 0.189. The topological polar surface area (TPSA) is 144 Å². The van der Waals surface area contributed by atoms with E-state index in [-0.39, 0.29) is 11.9 Å². The Hall–Kier alpha value is -4.02. The van der Waals surface area contributed by atoms with Crippen LogP contribution in [0, 0.1) is 25.7 Å². The molecule has 0 spiro atoms. The maximum absolute atomic E-state index is 13.3. The molecule has 42 heavy (non-hydrogen) atoms. The van der Waals surface area contributed by atoms with Crippen LogP contribution in [0.1, 0.15) is 83.5 Å². The van der Waals surface area contributed by atoms with Gasteiger partial charge in [-0.1, -0.05) is 30.8 Å². The molecule has 0 unspecified atom stereocenters. The molecule has 3 N–H and O–H groups in total. The van der Waals surface area contributed by atoms with Gasteiger partial charge in [-0.05, 0) is 72.4 Å². The van der Waals surface area contributed by atoms with E-state index in [9.17, 15) is 9.59 Å². The third-order valence-corrected chi connectivity index (χ3v) is 7.85. The summed E-state index contributed by atoms with van der Waals surface area (Å²) in [6, 6.07) is 4.01. The molecule has 2 fully saturated rings. The summed E-state index contributed by atoms with van der Waals surface area (Å²) in [5.74, 6) is 0.360. The van der Waals surface area contributed by atoms with Gasteiger partial charge in [-0.15, -0.1) is 0 Å². The molecule has 224 valence electrons. The number of anilines is 4. The largest absolute Gasteiger partial charge is 0.460 e. The Labute approximate surface area is 246 Å². The SMILES string of the molecule is Cc1nc(-c2onc(C)c2Nc2cncc(NC3CCCC3)n2)ccc1NC(=O)[C@H]1CCCC[C@@H]1C(=O)OC(C)(C)C. The van der Waals surface area contributed by atoms with Gasteiger partial charge in [0, 0.05) is 6.04 Å². The number of hydrogen-bond donors (Lipinski definition) is 3. The van der Waals surface area contributed by atoms with Gasteiger partial charge in [0.25, 0.3) is 0 Å². The number of pyridine rings is 1. The first-order valence-electron chi connectivity index (χ1n) is 14.9. The Bertz CT molecular complexity index is 1420. The number of carbonyl (C=O) groups excluding carboxylic acids is 2. The zero-order chi connectivity index (χ0) is 29.9. The van der Waals surface area contributed by atoms with Crippen molar-refractivity contribution >= 4 is 34.9 Å². The lowest BCUT2D eigenvalue weighted by Crippen LogP contribution is -2.39. The second-order valence-corrected chi connectivity index (χ2v) is 12.4. The van der Waals surface area contributed by atoms with E-state index in [0.717, 1.165) is 31.5 Å². The average molecular weight is 576 g/mol. The third kappa shape index (κ3) is 7.06. The Morgan fingerprint density at radius 2 is 1.60 bits per heavy atom. The highest BCUT2D eigenvalue weighted by Crippen LogP contribution is 2.35. The number of nitrogens with one attached hydrogen (secondary N) is 3. The fraction of sp³-hybridized carbons (Fsp3) is 0.548. The number of esters is 1. The van der Waals surface area contributed by atoms with Crippen molar-refractivity contribution < 1.29 is 18.8 Å². The lowest BCUT2D eigenvalue weighted by Gasteiger charge is -2.31. The predicted octanol–water partition coefficient (Wildman–Crippen LogP) is 6.33. The second kappa shape index (κ2) is 12.5. The van der Waals surface area contributed by atoms with E-state index < -0.39 is 17.4 Å². The summed E-state index contributed by atoms with van der Waals surface area (Å²) < 4.78 is 11.3. The first-order valence-corrected chi connectivity index (χ1v) is 14.9. The summed E-state index contributed by atoms with van der Waals surface area (Å²) in [4.78, 5) is 39.9. The van der Waals surface area contributed by atoms with Crippen molar-refractivity contribution in [2.24, 2.45) is 11.8 Å². The lowest BCUT2D eigenvalue weighted by atomic mass is 9.78. The first kappa shape index (κ1) is 29.5. The third-order valence-electron chi connectivity index (χ3n) is 7.85. The van der Waals surface area contributed by atoms with Crippen molar-refractivity contribution in [1.29, 1.82) is 0 Å². The fourth-order valence-corrected chi connectivity index (χ4v) is 5.74. The molecule has 0 saturated heterocycles. The number of ether oxygens (including phenoxy) is 1. The normalized spacial score (nSPS) is 19.4. The minimum atomic E-state index is -0.597. The Morgan fingerprint density at radius 3 is 2.31 bits per heavy atom. The molecule has 2 aliphatic carbocycles. The van der Waals surface area contributed by atoms with Crippen LogP contribution in [0.5, 0.6) is 0 Å². The van der Waals surface area contributed by atoms with E-state index in [0.29, 0.717) is 58.9 Å². The van der Waals surface area contributed by atoms with Crippen LogP contribution in [-0.4, -0.2) is 43.6 Å². The van der Waals surface area contributed by atoms with Crippen molar-refractivity contribution in [3.63, 3.8) is 0 Å². The summed E-state index contributed by atoms with van der Waals surface area (Å²) >= 11 is 0. The Kier molecular flexibility index (Phi) is 8.74. The zero-order valence-corrected chi connectivity index (χ0v) is 25.1. The number of nitrogens with zero attached hydrogens (tertiary/aromatic N) is 4. The van der Waals surface area contributed by atoms with Crippen molar-refractivity contribution in [2.75, 3.05) is 16.0 Å². The second-order valence-electron chi connectivity index (χ2n) is 12.4. The molecule has 1 amide bonds. The predicted molar refractivity (Wildman–Crippen MR) is 160 cm³/mol. The molecule has 2 saturated carbocycles. The van der Waals surface area contributed by atoms with E-state index in [4.69, 9.17) is 14.2 Å². The van der Waals surface area contributed by atoms with Crippen LogP contribution in [0.15, 0.2) is 29.0 Å². The maximum atomic E-state index is 13.3. The van der Waals surface area contributed by atoms with Crippen molar-refractivity contribution in [3.8, 4) is 11.5 Å². The molecule has 3 aromatic heterocycles. The molecule has 2 aliphatic rings. The Morgan fingerprint density at radius 1 is 0.905 bits per heavy atom. The van der Waals surface area contributed by atoms with Gasteiger partial charge < -0.3 is 25.2 Å². The number of amides is 1. The van der Waals surface area contributed by atoms with Crippen LogP contribution in [0.4, 0.5) is 23.0 Å². The number of aryl methyl sites for hydroxylation is 2. The smallest absolute Gasteiger partial charge is 0.310 e. The molecule has 11 nitrogen and oxygen atoms in total. The molecule has 2 atom stereocenters. The first-order chi connectivity index (χ1) is 20.1.